The zero-order valence-corrected chi connectivity index (χ0v) is 13.7. The quantitative estimate of drug-likeness (QED) is 0.899. The smallest absolute Gasteiger partial charge is 0.279 e. The van der Waals surface area contributed by atoms with Crippen molar-refractivity contribution in [1.29, 1.82) is 0 Å². The third-order valence-electron chi connectivity index (χ3n) is 4.58. The maximum Gasteiger partial charge on any atom is 0.279 e. The predicted octanol–water partition coefficient (Wildman–Crippen LogP) is 1.62. The highest BCUT2D eigenvalue weighted by Crippen LogP contribution is 2.34. The van der Waals surface area contributed by atoms with E-state index in [1.165, 1.54) is 15.3 Å². The third kappa shape index (κ3) is 2.80. The van der Waals surface area contributed by atoms with Crippen molar-refractivity contribution in [3.63, 3.8) is 0 Å². The normalized spacial score (nSPS) is 21.8. The van der Waals surface area contributed by atoms with E-state index in [2.05, 4.69) is 23.7 Å². The number of fused-ring (bicyclic) bond motifs is 2. The largest absolute Gasteiger partial charge is 0.454 e. The van der Waals surface area contributed by atoms with Crippen molar-refractivity contribution < 1.29 is 19.2 Å². The Morgan fingerprint density at radius 2 is 2.22 bits per heavy atom. The molecule has 1 amide bonds. The Labute approximate surface area is 138 Å². The molecule has 1 aromatic heterocycles. The maximum atomic E-state index is 12.4. The number of rotatable bonds is 3. The molecule has 0 radical (unpaired) electrons. The first-order valence-corrected chi connectivity index (χ1v) is 8.69. The molecule has 2 aliphatic rings. The topological polar surface area (TPSA) is 52.0 Å². The van der Waals surface area contributed by atoms with Crippen molar-refractivity contribution in [3.8, 4) is 11.5 Å². The number of thiophene rings is 1. The number of carbonyl (C=O) groups is 1. The number of quaternary nitrogens is 1. The van der Waals surface area contributed by atoms with Crippen LogP contribution >= 0.6 is 11.3 Å². The van der Waals surface area contributed by atoms with E-state index < -0.39 is 0 Å². The van der Waals surface area contributed by atoms with Crippen molar-refractivity contribution >= 4 is 22.9 Å². The zero-order valence-electron chi connectivity index (χ0n) is 12.9. The highest BCUT2D eigenvalue weighted by molar-refractivity contribution is 7.10. The Morgan fingerprint density at radius 1 is 1.35 bits per heavy atom. The molecular formula is C17H19N2O3S+. The lowest BCUT2D eigenvalue weighted by molar-refractivity contribution is -0.923. The van der Waals surface area contributed by atoms with Gasteiger partial charge >= 0.3 is 0 Å². The minimum absolute atomic E-state index is 0.0318. The molecule has 6 heteroatoms. The Balaban J connectivity index is 1.41. The van der Waals surface area contributed by atoms with Gasteiger partial charge in [-0.25, -0.2) is 0 Å². The average Bonchev–Trinajstić information content (AvgIpc) is 3.18. The second kappa shape index (κ2) is 5.86. The van der Waals surface area contributed by atoms with Crippen LogP contribution in [0.25, 0.3) is 0 Å². The lowest BCUT2D eigenvalue weighted by atomic mass is 10.0. The monoisotopic (exact) mass is 331 g/mol. The lowest BCUT2D eigenvalue weighted by Gasteiger charge is -2.29. The average molecular weight is 331 g/mol. The molecule has 1 aromatic carbocycles. The summed E-state index contributed by atoms with van der Waals surface area (Å²) in [7, 11) is 0. The van der Waals surface area contributed by atoms with Gasteiger partial charge in [0.25, 0.3) is 5.91 Å². The van der Waals surface area contributed by atoms with Crippen LogP contribution in [-0.4, -0.2) is 25.8 Å². The number of ether oxygens (including phenoxy) is 2. The number of hydrogen-bond donors (Lipinski definition) is 2. The molecule has 2 atom stereocenters. The molecule has 120 valence electrons. The lowest BCUT2D eigenvalue weighted by Crippen LogP contribution is -3.14. The summed E-state index contributed by atoms with van der Waals surface area (Å²) >= 11 is 1.82. The summed E-state index contributed by atoms with van der Waals surface area (Å²) in [6, 6.07) is 8.04. The van der Waals surface area contributed by atoms with Crippen LogP contribution in [-0.2, 0) is 11.2 Å². The van der Waals surface area contributed by atoms with Crippen LogP contribution in [0.4, 0.5) is 5.69 Å². The zero-order chi connectivity index (χ0) is 15.8. The molecular weight excluding hydrogens is 312 g/mol. The Bertz CT molecular complexity index is 743. The number of carbonyl (C=O) groups excluding carboxylic acids is 1. The third-order valence-corrected chi connectivity index (χ3v) is 5.57. The molecule has 0 saturated heterocycles. The first-order valence-electron chi connectivity index (χ1n) is 7.81. The molecule has 4 rings (SSSR count). The van der Waals surface area contributed by atoms with Crippen LogP contribution in [0, 0.1) is 0 Å². The fraction of sp³-hybridized carbons (Fsp3) is 0.353. The number of nitrogens with one attached hydrogen (secondary N) is 2. The van der Waals surface area contributed by atoms with Crippen LogP contribution in [0.3, 0.4) is 0 Å². The van der Waals surface area contributed by atoms with E-state index in [-0.39, 0.29) is 12.7 Å². The van der Waals surface area contributed by atoms with Crippen LogP contribution in [0.15, 0.2) is 29.6 Å². The maximum absolute atomic E-state index is 12.4. The summed E-state index contributed by atoms with van der Waals surface area (Å²) in [5.41, 5.74) is 2.15. The van der Waals surface area contributed by atoms with Gasteiger partial charge in [-0.2, -0.15) is 0 Å². The van der Waals surface area contributed by atoms with Gasteiger partial charge in [-0.3, -0.25) is 4.79 Å². The van der Waals surface area contributed by atoms with Gasteiger partial charge in [0.2, 0.25) is 6.79 Å². The van der Waals surface area contributed by atoms with E-state index in [0.717, 1.165) is 24.4 Å². The molecule has 2 aliphatic heterocycles. The highest BCUT2D eigenvalue weighted by atomic mass is 32.1. The SMILES string of the molecule is C[C@@H]1c2ccsc2CC[NH+]1CC(=O)Nc1ccc2c(c1)OCO2. The highest BCUT2D eigenvalue weighted by Gasteiger charge is 2.29. The van der Waals surface area contributed by atoms with Gasteiger partial charge in [-0.05, 0) is 30.5 Å². The van der Waals surface area contributed by atoms with Crippen molar-refractivity contribution in [1.82, 2.24) is 0 Å². The molecule has 0 saturated carbocycles. The Kier molecular flexibility index (Phi) is 3.71. The minimum atomic E-state index is 0.0318. The number of hydrogen-bond acceptors (Lipinski definition) is 4. The molecule has 0 spiro atoms. The van der Waals surface area contributed by atoms with E-state index in [0.29, 0.717) is 18.3 Å². The van der Waals surface area contributed by atoms with Crippen LogP contribution in [0.5, 0.6) is 11.5 Å². The van der Waals surface area contributed by atoms with Gasteiger partial charge in [0, 0.05) is 28.6 Å². The van der Waals surface area contributed by atoms with Gasteiger partial charge in [-0.15, -0.1) is 11.3 Å². The van der Waals surface area contributed by atoms with Crippen LogP contribution < -0.4 is 19.7 Å². The fourth-order valence-electron chi connectivity index (χ4n) is 3.28. The molecule has 3 heterocycles. The summed E-state index contributed by atoms with van der Waals surface area (Å²) < 4.78 is 10.6. The van der Waals surface area contributed by atoms with Crippen LogP contribution in [0.2, 0.25) is 0 Å². The molecule has 1 unspecified atom stereocenters. The molecule has 5 nitrogen and oxygen atoms in total. The molecule has 0 aliphatic carbocycles. The standard InChI is InChI=1S/C17H18N2O3S/c1-11-13-5-7-23-16(13)4-6-19(11)9-17(20)18-12-2-3-14-15(8-12)22-10-21-14/h2-3,5,7-8,11H,4,6,9-10H2,1H3,(H,18,20)/p+1/t11-/m1/s1. The molecule has 23 heavy (non-hydrogen) atoms. The van der Waals surface area contributed by atoms with Gasteiger partial charge < -0.3 is 19.7 Å². The molecule has 0 fully saturated rings. The fourth-order valence-corrected chi connectivity index (χ4v) is 4.26. The van der Waals surface area contributed by atoms with Crippen molar-refractivity contribution in [2.75, 3.05) is 25.2 Å². The minimum Gasteiger partial charge on any atom is -0.454 e. The van der Waals surface area contributed by atoms with Gasteiger partial charge in [0.15, 0.2) is 18.0 Å². The second-order valence-corrected chi connectivity index (χ2v) is 6.97. The Morgan fingerprint density at radius 3 is 3.13 bits per heavy atom. The molecule has 0 bridgehead atoms. The van der Waals surface area contributed by atoms with Crippen LogP contribution in [0.1, 0.15) is 23.4 Å². The first kappa shape index (κ1) is 14.5. The summed E-state index contributed by atoms with van der Waals surface area (Å²) in [5.74, 6) is 1.44. The summed E-state index contributed by atoms with van der Waals surface area (Å²) in [6.45, 7) is 3.92. The first-order chi connectivity index (χ1) is 11.2. The predicted molar refractivity (Wildman–Crippen MR) is 88.3 cm³/mol. The molecule has 2 N–H and O–H groups in total. The van der Waals surface area contributed by atoms with E-state index >= 15 is 0 Å². The van der Waals surface area contributed by atoms with Crippen molar-refractivity contribution in [3.05, 3.63) is 40.1 Å². The van der Waals surface area contributed by atoms with Gasteiger partial charge in [0.05, 0.1) is 6.54 Å². The summed E-state index contributed by atoms with van der Waals surface area (Å²) in [6.07, 6.45) is 1.06. The molecule has 2 aromatic rings. The number of anilines is 1. The second-order valence-electron chi connectivity index (χ2n) is 5.97. The summed E-state index contributed by atoms with van der Waals surface area (Å²) in [4.78, 5) is 15.2. The Hall–Kier alpha value is -2.05. The van der Waals surface area contributed by atoms with Crippen molar-refractivity contribution in [2.24, 2.45) is 0 Å². The number of benzene rings is 1. The number of amides is 1. The van der Waals surface area contributed by atoms with E-state index in [1.807, 2.05) is 29.5 Å². The van der Waals surface area contributed by atoms with Crippen molar-refractivity contribution in [2.45, 2.75) is 19.4 Å². The van der Waals surface area contributed by atoms with Gasteiger partial charge in [-0.1, -0.05) is 0 Å². The van der Waals surface area contributed by atoms with E-state index in [9.17, 15) is 4.79 Å². The van der Waals surface area contributed by atoms with E-state index in [4.69, 9.17) is 9.47 Å². The summed E-state index contributed by atoms with van der Waals surface area (Å²) in [5, 5.41) is 5.11. The van der Waals surface area contributed by atoms with Gasteiger partial charge in [0.1, 0.15) is 6.04 Å². The van der Waals surface area contributed by atoms with E-state index in [1.54, 1.807) is 0 Å².